The van der Waals surface area contributed by atoms with Gasteiger partial charge in [0, 0.05) is 12.8 Å². The van der Waals surface area contributed by atoms with E-state index < -0.39 is 24.3 Å². The average molecular weight is 1020 g/mol. The van der Waals surface area contributed by atoms with Gasteiger partial charge in [0.25, 0.3) is 0 Å². The lowest BCUT2D eigenvalue weighted by molar-refractivity contribution is -0.870. The Hall–Kier alpha value is -4.05. The number of quaternary nitrogens is 1. The third kappa shape index (κ3) is 55.5. The van der Waals surface area contributed by atoms with E-state index in [4.69, 9.17) is 18.9 Å². The Kier molecular flexibility index (Phi) is 51.2. The van der Waals surface area contributed by atoms with Gasteiger partial charge in [0.1, 0.15) is 13.2 Å². The Balaban J connectivity index is 4.25. The summed E-state index contributed by atoms with van der Waals surface area (Å²) in [6, 6.07) is 0. The Morgan fingerprint density at radius 2 is 0.740 bits per heavy atom. The van der Waals surface area contributed by atoms with Gasteiger partial charge in [0.2, 0.25) is 0 Å². The van der Waals surface area contributed by atoms with Crippen molar-refractivity contribution in [1.29, 1.82) is 0 Å². The summed E-state index contributed by atoms with van der Waals surface area (Å²) in [6.07, 6.45) is 71.3. The molecule has 0 rings (SSSR count). The molecule has 0 aromatic rings. The first kappa shape index (κ1) is 69.0. The molecule has 0 saturated heterocycles. The number of esters is 2. The topological polar surface area (TPSA) is 111 Å². The second kappa shape index (κ2) is 54.2. The number of hydrogen-bond donors (Lipinski definition) is 0. The lowest BCUT2D eigenvalue weighted by Gasteiger charge is -2.26. The van der Waals surface area contributed by atoms with E-state index in [-0.39, 0.29) is 38.6 Å². The van der Waals surface area contributed by atoms with Gasteiger partial charge in [-0.15, -0.1) is 0 Å². The summed E-state index contributed by atoms with van der Waals surface area (Å²) < 4.78 is 22.7. The van der Waals surface area contributed by atoms with Gasteiger partial charge < -0.3 is 33.3 Å². The van der Waals surface area contributed by atoms with E-state index in [1.54, 1.807) is 0 Å². The van der Waals surface area contributed by atoms with Crippen LogP contribution in [-0.2, 0) is 33.3 Å². The maximum atomic E-state index is 12.9. The Morgan fingerprint density at radius 3 is 1.10 bits per heavy atom. The monoisotopic (exact) mass is 1020 g/mol. The van der Waals surface area contributed by atoms with Gasteiger partial charge in [-0.1, -0.05) is 220 Å². The largest absolute Gasteiger partial charge is 0.545 e. The van der Waals surface area contributed by atoms with Crippen molar-refractivity contribution < 1.29 is 42.9 Å². The van der Waals surface area contributed by atoms with Crippen molar-refractivity contribution in [2.75, 3.05) is 47.5 Å². The van der Waals surface area contributed by atoms with E-state index in [0.717, 1.165) is 122 Å². The van der Waals surface area contributed by atoms with Crippen molar-refractivity contribution in [3.05, 3.63) is 109 Å². The van der Waals surface area contributed by atoms with Crippen LogP contribution in [0.3, 0.4) is 0 Å². The highest BCUT2D eigenvalue weighted by atomic mass is 16.7. The third-order valence-corrected chi connectivity index (χ3v) is 12.0. The van der Waals surface area contributed by atoms with E-state index in [1.165, 1.54) is 64.2 Å². The van der Waals surface area contributed by atoms with Gasteiger partial charge in [0.05, 0.1) is 40.3 Å². The van der Waals surface area contributed by atoms with Crippen molar-refractivity contribution >= 4 is 17.9 Å². The Morgan fingerprint density at radius 1 is 0.411 bits per heavy atom. The van der Waals surface area contributed by atoms with Crippen molar-refractivity contribution in [3.8, 4) is 0 Å². The molecular formula is C64H107NO8. The summed E-state index contributed by atoms with van der Waals surface area (Å²) >= 11 is 0. The lowest BCUT2D eigenvalue weighted by atomic mass is 10.0. The normalized spacial score (nSPS) is 13.6. The van der Waals surface area contributed by atoms with Crippen LogP contribution in [0.15, 0.2) is 109 Å². The molecule has 9 nitrogen and oxygen atoms in total. The summed E-state index contributed by atoms with van der Waals surface area (Å²) in [4.78, 5) is 37.3. The maximum absolute atomic E-state index is 12.9. The predicted octanol–water partition coefficient (Wildman–Crippen LogP) is 15.8. The number of rotatable bonds is 52. The van der Waals surface area contributed by atoms with Crippen LogP contribution in [0.5, 0.6) is 0 Å². The molecule has 2 unspecified atom stereocenters. The molecule has 0 aromatic heterocycles. The molecule has 0 aliphatic carbocycles. The predicted molar refractivity (Wildman–Crippen MR) is 306 cm³/mol. The fourth-order valence-electron chi connectivity index (χ4n) is 7.61. The van der Waals surface area contributed by atoms with Crippen molar-refractivity contribution in [2.45, 2.75) is 232 Å². The first-order chi connectivity index (χ1) is 35.6. The Bertz CT molecular complexity index is 1560. The van der Waals surface area contributed by atoms with Crippen LogP contribution in [-0.4, -0.2) is 82.3 Å². The number of carbonyl (C=O) groups is 3. The van der Waals surface area contributed by atoms with Crippen molar-refractivity contribution in [3.63, 3.8) is 0 Å². The molecule has 0 bridgehead atoms. The highest BCUT2D eigenvalue weighted by molar-refractivity contribution is 5.70. The average Bonchev–Trinajstić information content (AvgIpc) is 3.36. The minimum absolute atomic E-state index is 0.140. The van der Waals surface area contributed by atoms with Crippen LogP contribution in [0.1, 0.15) is 219 Å². The quantitative estimate of drug-likeness (QED) is 0.0195. The molecule has 0 amide bonds. The number of carbonyl (C=O) groups excluding carboxylic acids is 3. The van der Waals surface area contributed by atoms with Crippen LogP contribution in [0.4, 0.5) is 0 Å². The highest BCUT2D eigenvalue weighted by Gasteiger charge is 2.22. The number of likely N-dealkylation sites (N-methyl/N-ethyl adjacent to an activating group) is 1. The van der Waals surface area contributed by atoms with Gasteiger partial charge >= 0.3 is 11.9 Å². The van der Waals surface area contributed by atoms with Gasteiger partial charge in [0.15, 0.2) is 12.4 Å². The molecule has 0 radical (unpaired) electrons. The molecule has 0 fully saturated rings. The fourth-order valence-corrected chi connectivity index (χ4v) is 7.61. The van der Waals surface area contributed by atoms with E-state index in [9.17, 15) is 19.5 Å². The SMILES string of the molecule is CC/C=C\C/C=C\C/C=C\C/C=C\C/C=C\CCCCCCCCCCCCCCCC(=O)OC(COC(=O)CCCCCCCC/C=C\C/C=C\C/C=C\C/C=C\CC)COC(OCC[N+](C)(C)C)C(=O)[O-]. The molecule has 416 valence electrons. The molecule has 0 heterocycles. The van der Waals surface area contributed by atoms with E-state index >= 15 is 0 Å². The smallest absolute Gasteiger partial charge is 0.306 e. The molecule has 73 heavy (non-hydrogen) atoms. The number of carboxylic acid groups (broad SMARTS) is 1. The van der Waals surface area contributed by atoms with E-state index in [2.05, 4.69) is 123 Å². The first-order valence-electron chi connectivity index (χ1n) is 29.0. The van der Waals surface area contributed by atoms with E-state index in [1.807, 2.05) is 21.1 Å². The minimum Gasteiger partial charge on any atom is -0.545 e. The van der Waals surface area contributed by atoms with Crippen LogP contribution >= 0.6 is 0 Å². The first-order valence-corrected chi connectivity index (χ1v) is 29.0. The van der Waals surface area contributed by atoms with Crippen LogP contribution in [0.25, 0.3) is 0 Å². The number of hydrogen-bond acceptors (Lipinski definition) is 8. The minimum atomic E-state index is -1.63. The van der Waals surface area contributed by atoms with Gasteiger partial charge in [-0.2, -0.15) is 0 Å². The van der Waals surface area contributed by atoms with Crippen molar-refractivity contribution in [1.82, 2.24) is 0 Å². The molecule has 0 aromatic carbocycles. The van der Waals surface area contributed by atoms with Gasteiger partial charge in [-0.3, -0.25) is 9.59 Å². The second-order valence-corrected chi connectivity index (χ2v) is 20.2. The summed E-state index contributed by atoms with van der Waals surface area (Å²) in [5, 5.41) is 11.8. The summed E-state index contributed by atoms with van der Waals surface area (Å²) in [7, 11) is 5.91. The van der Waals surface area contributed by atoms with Crippen LogP contribution in [0, 0.1) is 0 Å². The zero-order chi connectivity index (χ0) is 53.4. The zero-order valence-electron chi connectivity index (χ0n) is 47.2. The number of nitrogens with zero attached hydrogens (tertiary/aromatic N) is 1. The maximum Gasteiger partial charge on any atom is 0.306 e. The number of allylic oxidation sites excluding steroid dienone is 18. The number of ether oxygens (including phenoxy) is 4. The third-order valence-electron chi connectivity index (χ3n) is 12.0. The molecule has 0 spiro atoms. The Labute approximate surface area is 447 Å². The number of carboxylic acids is 1. The standard InChI is InChI=1S/C64H107NO8/c1-6-8-10-12-14-16-18-20-22-24-26-27-28-29-30-31-32-33-34-35-37-39-41-43-45-47-49-51-53-55-62(67)73-60(59-72-64(63(68)69)70-57-56-65(3,4)5)58-71-61(66)54-52-50-48-46-44-42-40-38-36-25-23-21-19-17-15-13-11-9-7-2/h8-11,14-17,20-23,26-27,29-30,36,38,60,64H,6-7,12-13,18-19,24-25,28,31-35,37,39-59H2,1-5H3/b10-8-,11-9-,16-14-,17-15-,22-20-,23-21-,27-26-,30-29-,38-36-. The highest BCUT2D eigenvalue weighted by Crippen LogP contribution is 2.15. The summed E-state index contributed by atoms with van der Waals surface area (Å²) in [6.45, 7) is 4.50. The molecule has 0 aliphatic rings. The number of unbranched alkanes of at least 4 members (excludes halogenated alkanes) is 19. The summed E-state index contributed by atoms with van der Waals surface area (Å²) in [5.41, 5.74) is 0. The second-order valence-electron chi connectivity index (χ2n) is 20.2. The molecule has 9 heteroatoms. The number of aliphatic carboxylic acids is 1. The van der Waals surface area contributed by atoms with Crippen LogP contribution < -0.4 is 5.11 Å². The van der Waals surface area contributed by atoms with Gasteiger partial charge in [-0.25, -0.2) is 0 Å². The van der Waals surface area contributed by atoms with Crippen molar-refractivity contribution in [2.24, 2.45) is 0 Å². The molecule has 0 aliphatic heterocycles. The fraction of sp³-hybridized carbons (Fsp3) is 0.672. The van der Waals surface area contributed by atoms with E-state index in [0.29, 0.717) is 17.4 Å². The summed E-state index contributed by atoms with van der Waals surface area (Å²) in [5.74, 6) is -2.31. The van der Waals surface area contributed by atoms with Crippen LogP contribution in [0.2, 0.25) is 0 Å². The molecular weight excluding hydrogens is 911 g/mol. The molecule has 2 atom stereocenters. The zero-order valence-corrected chi connectivity index (χ0v) is 47.2. The lowest BCUT2D eigenvalue weighted by Crippen LogP contribution is -2.44. The van der Waals surface area contributed by atoms with Gasteiger partial charge in [-0.05, 0) is 96.3 Å². The molecule has 0 saturated carbocycles. The molecule has 0 N–H and O–H groups in total.